The molecule has 0 bridgehead atoms. The molecule has 0 saturated heterocycles. The fraction of sp³-hybridized carbons (Fsp3) is 0.316. The number of hydrogen-bond acceptors (Lipinski definition) is 1. The zero-order valence-electron chi connectivity index (χ0n) is 12.5. The van der Waals surface area contributed by atoms with E-state index in [0.717, 1.165) is 18.4 Å². The van der Waals surface area contributed by atoms with Gasteiger partial charge in [0.2, 0.25) is 5.91 Å². The van der Waals surface area contributed by atoms with E-state index < -0.39 is 0 Å². The largest absolute Gasteiger partial charge is 0.355 e. The molecule has 0 heterocycles. The Morgan fingerprint density at radius 3 is 2.32 bits per heavy atom. The van der Waals surface area contributed by atoms with Crippen molar-refractivity contribution in [2.75, 3.05) is 6.54 Å². The van der Waals surface area contributed by atoms with E-state index in [2.05, 4.69) is 29.6 Å². The number of halogens is 1. The molecule has 1 aliphatic carbocycles. The van der Waals surface area contributed by atoms with Crippen LogP contribution in [-0.4, -0.2) is 12.5 Å². The molecule has 1 aliphatic rings. The fourth-order valence-corrected chi connectivity index (χ4v) is 3.08. The Hall–Kier alpha value is -2.16. The normalized spacial score (nSPS) is 15.9. The van der Waals surface area contributed by atoms with Gasteiger partial charge in [0.15, 0.2) is 0 Å². The summed E-state index contributed by atoms with van der Waals surface area (Å²) in [5.74, 6) is -0.282. The molecule has 3 heteroatoms. The first-order valence-electron chi connectivity index (χ1n) is 7.75. The van der Waals surface area contributed by atoms with Gasteiger partial charge in [0.05, 0.1) is 6.42 Å². The number of rotatable bonds is 5. The van der Waals surface area contributed by atoms with Gasteiger partial charge in [0.25, 0.3) is 0 Å². The molecule has 1 fully saturated rings. The minimum atomic E-state index is -0.276. The number of carbonyl (C=O) groups is 1. The molecule has 0 spiro atoms. The molecule has 1 saturated carbocycles. The van der Waals surface area contributed by atoms with Crippen LogP contribution in [0.25, 0.3) is 0 Å². The molecule has 2 aromatic carbocycles. The van der Waals surface area contributed by atoms with Crippen molar-refractivity contribution < 1.29 is 9.18 Å². The maximum absolute atomic E-state index is 12.9. The van der Waals surface area contributed by atoms with Crippen LogP contribution in [0.2, 0.25) is 0 Å². The second-order valence-corrected chi connectivity index (χ2v) is 6.08. The Morgan fingerprint density at radius 1 is 1.05 bits per heavy atom. The molecule has 0 atom stereocenters. The number of amides is 1. The molecule has 0 aromatic heterocycles. The lowest BCUT2D eigenvalue weighted by Gasteiger charge is -2.42. The third kappa shape index (κ3) is 3.19. The van der Waals surface area contributed by atoms with E-state index in [9.17, 15) is 9.18 Å². The zero-order valence-corrected chi connectivity index (χ0v) is 12.5. The van der Waals surface area contributed by atoms with Gasteiger partial charge in [0, 0.05) is 12.0 Å². The molecule has 2 aromatic rings. The van der Waals surface area contributed by atoms with E-state index in [0.29, 0.717) is 13.0 Å². The molecule has 0 radical (unpaired) electrons. The van der Waals surface area contributed by atoms with Crippen LogP contribution in [0.3, 0.4) is 0 Å². The van der Waals surface area contributed by atoms with Crippen molar-refractivity contribution in [2.45, 2.75) is 31.1 Å². The van der Waals surface area contributed by atoms with Gasteiger partial charge < -0.3 is 5.32 Å². The molecule has 3 rings (SSSR count). The minimum Gasteiger partial charge on any atom is -0.355 e. The van der Waals surface area contributed by atoms with Crippen molar-refractivity contribution in [1.29, 1.82) is 0 Å². The first-order valence-corrected chi connectivity index (χ1v) is 7.75. The van der Waals surface area contributed by atoms with Crippen LogP contribution in [0.5, 0.6) is 0 Å². The van der Waals surface area contributed by atoms with Crippen LogP contribution in [0.1, 0.15) is 30.4 Å². The monoisotopic (exact) mass is 297 g/mol. The number of nitrogens with one attached hydrogen (secondary N) is 1. The van der Waals surface area contributed by atoms with Gasteiger partial charge in [-0.05, 0) is 36.1 Å². The molecular formula is C19H20FNO. The van der Waals surface area contributed by atoms with Crippen molar-refractivity contribution >= 4 is 5.91 Å². The maximum Gasteiger partial charge on any atom is 0.224 e. The fourth-order valence-electron chi connectivity index (χ4n) is 3.08. The van der Waals surface area contributed by atoms with Crippen LogP contribution in [0.15, 0.2) is 54.6 Å². The van der Waals surface area contributed by atoms with Gasteiger partial charge in [-0.3, -0.25) is 4.79 Å². The highest BCUT2D eigenvalue weighted by atomic mass is 19.1. The van der Waals surface area contributed by atoms with Crippen LogP contribution < -0.4 is 5.32 Å². The van der Waals surface area contributed by atoms with Gasteiger partial charge in [-0.15, -0.1) is 0 Å². The van der Waals surface area contributed by atoms with Gasteiger partial charge in [-0.2, -0.15) is 0 Å². The first kappa shape index (κ1) is 14.8. The number of hydrogen-bond donors (Lipinski definition) is 1. The smallest absolute Gasteiger partial charge is 0.224 e. The van der Waals surface area contributed by atoms with E-state index in [1.165, 1.54) is 24.1 Å². The summed E-state index contributed by atoms with van der Waals surface area (Å²) < 4.78 is 12.9. The predicted molar refractivity (Wildman–Crippen MR) is 85.1 cm³/mol. The highest BCUT2D eigenvalue weighted by Gasteiger charge is 2.38. The van der Waals surface area contributed by atoms with Crippen molar-refractivity contribution in [3.05, 3.63) is 71.5 Å². The van der Waals surface area contributed by atoms with Gasteiger partial charge in [-0.1, -0.05) is 48.9 Å². The van der Waals surface area contributed by atoms with E-state index in [1.807, 2.05) is 6.07 Å². The Morgan fingerprint density at radius 2 is 1.73 bits per heavy atom. The first-order chi connectivity index (χ1) is 10.7. The van der Waals surface area contributed by atoms with E-state index in [4.69, 9.17) is 0 Å². The second kappa shape index (κ2) is 6.30. The summed E-state index contributed by atoms with van der Waals surface area (Å²) >= 11 is 0. The summed E-state index contributed by atoms with van der Waals surface area (Å²) in [5, 5.41) is 3.05. The third-order valence-corrected chi connectivity index (χ3v) is 4.60. The van der Waals surface area contributed by atoms with Gasteiger partial charge in [0.1, 0.15) is 5.82 Å². The Kier molecular flexibility index (Phi) is 4.23. The molecule has 22 heavy (non-hydrogen) atoms. The van der Waals surface area contributed by atoms with Crippen LogP contribution in [-0.2, 0) is 16.6 Å². The molecule has 114 valence electrons. The van der Waals surface area contributed by atoms with Crippen LogP contribution in [0, 0.1) is 5.82 Å². The zero-order chi connectivity index (χ0) is 15.4. The molecule has 0 aliphatic heterocycles. The predicted octanol–water partition coefficient (Wildman–Crippen LogP) is 3.61. The number of carbonyl (C=O) groups excluding carboxylic acids is 1. The lowest BCUT2D eigenvalue weighted by molar-refractivity contribution is -0.120. The molecular weight excluding hydrogens is 277 g/mol. The van der Waals surface area contributed by atoms with Crippen LogP contribution in [0.4, 0.5) is 4.39 Å². The lowest BCUT2D eigenvalue weighted by Crippen LogP contribution is -2.45. The molecule has 1 amide bonds. The molecule has 0 unspecified atom stereocenters. The van der Waals surface area contributed by atoms with Crippen LogP contribution >= 0.6 is 0 Å². The summed E-state index contributed by atoms with van der Waals surface area (Å²) in [6, 6.07) is 16.5. The standard InChI is InChI=1S/C19H20FNO/c20-17-9-7-15(8-10-17)13-18(22)21-14-19(11-4-12-19)16-5-2-1-3-6-16/h1-3,5-10H,4,11-14H2,(H,21,22). The summed E-state index contributed by atoms with van der Waals surface area (Å²) in [6.07, 6.45) is 3.75. The topological polar surface area (TPSA) is 29.1 Å². The minimum absolute atomic E-state index is 0.00573. The summed E-state index contributed by atoms with van der Waals surface area (Å²) in [5.41, 5.74) is 2.24. The van der Waals surface area contributed by atoms with Crippen molar-refractivity contribution in [2.24, 2.45) is 0 Å². The molecule has 2 nitrogen and oxygen atoms in total. The Balaban J connectivity index is 1.59. The Bertz CT molecular complexity index is 632. The average Bonchev–Trinajstić information content (AvgIpc) is 2.50. The maximum atomic E-state index is 12.9. The van der Waals surface area contributed by atoms with E-state index in [-0.39, 0.29) is 17.1 Å². The Labute approximate surface area is 130 Å². The lowest BCUT2D eigenvalue weighted by atomic mass is 9.64. The third-order valence-electron chi connectivity index (χ3n) is 4.60. The number of benzene rings is 2. The average molecular weight is 297 g/mol. The highest BCUT2D eigenvalue weighted by Crippen LogP contribution is 2.43. The quantitative estimate of drug-likeness (QED) is 0.897. The summed E-state index contributed by atoms with van der Waals surface area (Å²) in [4.78, 5) is 12.1. The van der Waals surface area contributed by atoms with Crippen molar-refractivity contribution in [3.8, 4) is 0 Å². The highest BCUT2D eigenvalue weighted by molar-refractivity contribution is 5.78. The summed E-state index contributed by atoms with van der Waals surface area (Å²) in [6.45, 7) is 0.678. The SMILES string of the molecule is O=C(Cc1ccc(F)cc1)NCC1(c2ccccc2)CCC1. The van der Waals surface area contributed by atoms with Gasteiger partial charge >= 0.3 is 0 Å². The van der Waals surface area contributed by atoms with E-state index in [1.54, 1.807) is 12.1 Å². The van der Waals surface area contributed by atoms with Crippen molar-refractivity contribution in [3.63, 3.8) is 0 Å². The summed E-state index contributed by atoms with van der Waals surface area (Å²) in [7, 11) is 0. The van der Waals surface area contributed by atoms with E-state index >= 15 is 0 Å². The van der Waals surface area contributed by atoms with Gasteiger partial charge in [-0.25, -0.2) is 4.39 Å². The molecule has 1 N–H and O–H groups in total. The van der Waals surface area contributed by atoms with Crippen molar-refractivity contribution in [1.82, 2.24) is 5.32 Å². The second-order valence-electron chi connectivity index (χ2n) is 6.08.